The van der Waals surface area contributed by atoms with E-state index in [2.05, 4.69) is 20.9 Å². The highest BCUT2D eigenvalue weighted by Gasteiger charge is 2.29. The lowest BCUT2D eigenvalue weighted by atomic mass is 10.2. The summed E-state index contributed by atoms with van der Waals surface area (Å²) < 4.78 is 6.24. The third-order valence-electron chi connectivity index (χ3n) is 3.52. The Balaban J connectivity index is 2.01. The molecule has 1 aliphatic rings. The van der Waals surface area contributed by atoms with E-state index in [1.807, 2.05) is 24.3 Å². The van der Waals surface area contributed by atoms with E-state index in [4.69, 9.17) is 4.74 Å². The molecule has 1 aromatic heterocycles. The molecule has 3 rings (SSSR count). The monoisotopic (exact) mass is 348 g/mol. The van der Waals surface area contributed by atoms with Crippen molar-refractivity contribution in [1.82, 2.24) is 9.88 Å². The van der Waals surface area contributed by atoms with Crippen LogP contribution in [0.15, 0.2) is 28.7 Å². The summed E-state index contributed by atoms with van der Waals surface area (Å²) in [5.74, 6) is 0.389. The van der Waals surface area contributed by atoms with Gasteiger partial charge in [0.1, 0.15) is 11.3 Å². The number of carbonyl (C=O) groups excluding carboxylic acids is 2. The van der Waals surface area contributed by atoms with E-state index in [0.717, 1.165) is 9.86 Å². The summed E-state index contributed by atoms with van der Waals surface area (Å²) in [5.41, 5.74) is 1.38. The Bertz CT molecular complexity index is 729. The molecule has 5 nitrogen and oxygen atoms in total. The second-order valence-corrected chi connectivity index (χ2v) is 5.68. The van der Waals surface area contributed by atoms with Crippen LogP contribution in [0.3, 0.4) is 0 Å². The first-order valence-corrected chi connectivity index (χ1v) is 7.35. The van der Waals surface area contributed by atoms with Crippen LogP contribution in [0.25, 0.3) is 10.9 Å². The summed E-state index contributed by atoms with van der Waals surface area (Å²) in [6, 6.07) is 7.46. The molecule has 1 fully saturated rings. The van der Waals surface area contributed by atoms with E-state index < -0.39 is 0 Å². The number of ether oxygens (including phenoxy) is 1. The second-order valence-electron chi connectivity index (χ2n) is 4.82. The van der Waals surface area contributed by atoms with Crippen LogP contribution in [0.2, 0.25) is 0 Å². The first-order valence-electron chi connectivity index (χ1n) is 6.55. The molecule has 0 unspecified atom stereocenters. The average Bonchev–Trinajstić information content (AvgIpc) is 2.80. The predicted octanol–water partition coefficient (Wildman–Crippen LogP) is 2.65. The molecule has 0 saturated carbocycles. The zero-order valence-corrected chi connectivity index (χ0v) is 13.0. The van der Waals surface area contributed by atoms with Gasteiger partial charge in [0.15, 0.2) is 0 Å². The lowest BCUT2D eigenvalue weighted by molar-refractivity contribution is -0.139. The molecule has 2 aromatic rings. The van der Waals surface area contributed by atoms with E-state index in [9.17, 15) is 9.59 Å². The highest BCUT2D eigenvalue weighted by atomic mass is 79.9. The second kappa shape index (κ2) is 5.44. The van der Waals surface area contributed by atoms with Gasteiger partial charge in [-0.3, -0.25) is 14.5 Å². The van der Waals surface area contributed by atoms with Crippen molar-refractivity contribution >= 4 is 38.6 Å². The van der Waals surface area contributed by atoms with Crippen molar-refractivity contribution < 1.29 is 14.3 Å². The normalized spacial score (nSPS) is 15.0. The molecule has 6 heteroatoms. The number of halogens is 1. The number of hydrogen-bond acceptors (Lipinski definition) is 4. The maximum atomic E-state index is 11.7. The van der Waals surface area contributed by atoms with Crippen LogP contribution >= 0.6 is 15.9 Å². The molecule has 0 radical (unpaired) electrons. The Morgan fingerprint density at radius 2 is 1.90 bits per heavy atom. The van der Waals surface area contributed by atoms with E-state index in [0.29, 0.717) is 29.8 Å². The molecule has 2 amide bonds. The number of carbonyl (C=O) groups is 2. The highest BCUT2D eigenvalue weighted by Crippen LogP contribution is 2.30. The molecule has 21 heavy (non-hydrogen) atoms. The third kappa shape index (κ3) is 2.51. The van der Waals surface area contributed by atoms with Gasteiger partial charge in [-0.25, -0.2) is 4.98 Å². The number of pyridine rings is 1. The first-order chi connectivity index (χ1) is 10.1. The number of methoxy groups -OCH3 is 1. The molecular formula is C15H13BrN2O3. The number of hydrogen-bond donors (Lipinski definition) is 0. The van der Waals surface area contributed by atoms with Gasteiger partial charge < -0.3 is 4.74 Å². The Labute approximate surface area is 130 Å². The van der Waals surface area contributed by atoms with Gasteiger partial charge in [-0.05, 0) is 24.3 Å². The van der Waals surface area contributed by atoms with Crippen molar-refractivity contribution in [2.75, 3.05) is 7.11 Å². The van der Waals surface area contributed by atoms with Gasteiger partial charge in [0, 0.05) is 22.7 Å². The zero-order valence-electron chi connectivity index (χ0n) is 11.4. The number of benzene rings is 1. The molecule has 1 aromatic carbocycles. The summed E-state index contributed by atoms with van der Waals surface area (Å²) in [6.07, 6.45) is 0.586. The van der Waals surface area contributed by atoms with Crippen LogP contribution in [-0.2, 0) is 16.1 Å². The summed E-state index contributed by atoms with van der Waals surface area (Å²) in [7, 11) is 1.59. The number of likely N-dealkylation sites (tertiary alicyclic amines) is 1. The smallest absolute Gasteiger partial charge is 0.230 e. The molecule has 2 heterocycles. The van der Waals surface area contributed by atoms with Crippen molar-refractivity contribution in [3.8, 4) is 5.75 Å². The molecule has 0 bridgehead atoms. The molecule has 108 valence electrons. The van der Waals surface area contributed by atoms with Crippen LogP contribution in [0.5, 0.6) is 5.75 Å². The van der Waals surface area contributed by atoms with Crippen LogP contribution in [-0.4, -0.2) is 28.8 Å². The molecule has 0 spiro atoms. The fraction of sp³-hybridized carbons (Fsp3) is 0.267. The maximum absolute atomic E-state index is 11.7. The Morgan fingerprint density at radius 3 is 2.57 bits per heavy atom. The average molecular weight is 349 g/mol. The van der Waals surface area contributed by atoms with Crippen LogP contribution in [0.1, 0.15) is 18.5 Å². The zero-order chi connectivity index (χ0) is 15.0. The molecule has 1 saturated heterocycles. The fourth-order valence-electron chi connectivity index (χ4n) is 2.41. The summed E-state index contributed by atoms with van der Waals surface area (Å²) in [5, 5.41) is 0.928. The van der Waals surface area contributed by atoms with Crippen LogP contribution in [0.4, 0.5) is 0 Å². The molecule has 0 aliphatic carbocycles. The Morgan fingerprint density at radius 1 is 1.19 bits per heavy atom. The summed E-state index contributed by atoms with van der Waals surface area (Å²) in [4.78, 5) is 29.2. The molecule has 1 aliphatic heterocycles. The van der Waals surface area contributed by atoms with Gasteiger partial charge in [-0.15, -0.1) is 0 Å². The van der Waals surface area contributed by atoms with Crippen LogP contribution in [0, 0.1) is 0 Å². The fourth-order valence-corrected chi connectivity index (χ4v) is 2.86. The van der Waals surface area contributed by atoms with Gasteiger partial charge in [0.2, 0.25) is 11.8 Å². The van der Waals surface area contributed by atoms with Gasteiger partial charge in [0.25, 0.3) is 0 Å². The topological polar surface area (TPSA) is 59.5 Å². The maximum Gasteiger partial charge on any atom is 0.230 e. The lowest BCUT2D eigenvalue weighted by Gasteiger charge is -2.14. The first kappa shape index (κ1) is 14.0. The minimum atomic E-state index is -0.136. The summed E-state index contributed by atoms with van der Waals surface area (Å²) in [6.45, 7) is 0.212. The minimum absolute atomic E-state index is 0.136. The quantitative estimate of drug-likeness (QED) is 0.800. The Kier molecular flexibility index (Phi) is 3.63. The van der Waals surface area contributed by atoms with Crippen molar-refractivity contribution in [3.05, 3.63) is 34.4 Å². The largest absolute Gasteiger partial charge is 0.494 e. The highest BCUT2D eigenvalue weighted by molar-refractivity contribution is 9.10. The lowest BCUT2D eigenvalue weighted by Crippen LogP contribution is -2.28. The van der Waals surface area contributed by atoms with Crippen molar-refractivity contribution in [3.63, 3.8) is 0 Å². The van der Waals surface area contributed by atoms with Gasteiger partial charge in [-0.2, -0.15) is 0 Å². The third-order valence-corrected chi connectivity index (χ3v) is 4.21. The molecule has 0 atom stereocenters. The number of nitrogens with zero attached hydrogens (tertiary/aromatic N) is 2. The van der Waals surface area contributed by atoms with E-state index >= 15 is 0 Å². The van der Waals surface area contributed by atoms with Gasteiger partial charge >= 0.3 is 0 Å². The van der Waals surface area contributed by atoms with Gasteiger partial charge in [-0.1, -0.05) is 15.9 Å². The van der Waals surface area contributed by atoms with Crippen molar-refractivity contribution in [2.45, 2.75) is 19.4 Å². The number of aromatic nitrogens is 1. The SMILES string of the molecule is COc1ccc(Br)c2ccc(CN3C(=O)CCC3=O)nc12. The van der Waals surface area contributed by atoms with E-state index in [-0.39, 0.29) is 18.4 Å². The van der Waals surface area contributed by atoms with Crippen LogP contribution < -0.4 is 4.74 Å². The van der Waals surface area contributed by atoms with Gasteiger partial charge in [0.05, 0.1) is 19.3 Å². The van der Waals surface area contributed by atoms with E-state index in [1.54, 1.807) is 7.11 Å². The number of imide groups is 1. The number of fused-ring (bicyclic) bond motifs is 1. The number of rotatable bonds is 3. The standard InChI is InChI=1S/C15H13BrN2O3/c1-21-12-5-4-11(16)10-3-2-9(17-15(10)12)8-18-13(19)6-7-14(18)20/h2-5H,6-8H2,1H3. The Hall–Kier alpha value is -1.95. The molecular weight excluding hydrogens is 336 g/mol. The predicted molar refractivity (Wildman–Crippen MR) is 80.8 cm³/mol. The summed E-state index contributed by atoms with van der Waals surface area (Å²) >= 11 is 3.48. The number of amides is 2. The van der Waals surface area contributed by atoms with E-state index in [1.165, 1.54) is 4.90 Å². The minimum Gasteiger partial charge on any atom is -0.494 e. The van der Waals surface area contributed by atoms with Crippen molar-refractivity contribution in [1.29, 1.82) is 0 Å². The van der Waals surface area contributed by atoms with Crippen molar-refractivity contribution in [2.24, 2.45) is 0 Å². The molecule has 0 N–H and O–H groups in total.